The van der Waals surface area contributed by atoms with Crippen LogP contribution in [0, 0.1) is 23.7 Å². The normalized spacial score (nSPS) is 28.6. The van der Waals surface area contributed by atoms with Crippen molar-refractivity contribution in [3.63, 3.8) is 0 Å². The zero-order valence-electron chi connectivity index (χ0n) is 11.2. The summed E-state index contributed by atoms with van der Waals surface area (Å²) < 4.78 is 0. The summed E-state index contributed by atoms with van der Waals surface area (Å²) >= 11 is 0. The third kappa shape index (κ3) is 4.84. The van der Waals surface area contributed by atoms with Gasteiger partial charge >= 0.3 is 0 Å². The van der Waals surface area contributed by atoms with Gasteiger partial charge < -0.3 is 11.1 Å². The summed E-state index contributed by atoms with van der Waals surface area (Å²) in [6, 6.07) is 0. The molecule has 0 saturated heterocycles. The first-order valence-corrected chi connectivity index (χ1v) is 6.54. The Balaban J connectivity index is 0.00000256. The van der Waals surface area contributed by atoms with Gasteiger partial charge in [0.25, 0.3) is 0 Å². The molecule has 3 N–H and O–H groups in total. The van der Waals surface area contributed by atoms with Crippen LogP contribution in [0.1, 0.15) is 40.0 Å². The van der Waals surface area contributed by atoms with Gasteiger partial charge in [-0.25, -0.2) is 0 Å². The van der Waals surface area contributed by atoms with Crippen LogP contribution < -0.4 is 11.1 Å². The second kappa shape index (κ2) is 7.93. The minimum Gasteiger partial charge on any atom is -0.355 e. The third-order valence-electron chi connectivity index (χ3n) is 3.80. The zero-order chi connectivity index (χ0) is 12.1. The summed E-state index contributed by atoms with van der Waals surface area (Å²) in [5.74, 6) is 2.25. The highest BCUT2D eigenvalue weighted by Gasteiger charge is 2.34. The highest BCUT2D eigenvalue weighted by atomic mass is 35.5. The van der Waals surface area contributed by atoms with Crippen molar-refractivity contribution in [2.45, 2.75) is 40.0 Å². The molecule has 3 atom stereocenters. The van der Waals surface area contributed by atoms with Gasteiger partial charge in [0.15, 0.2) is 0 Å². The number of halogens is 1. The molecule has 4 heteroatoms. The molecule has 1 rings (SSSR count). The summed E-state index contributed by atoms with van der Waals surface area (Å²) in [7, 11) is 0. The van der Waals surface area contributed by atoms with Crippen LogP contribution in [0.3, 0.4) is 0 Å². The Bertz CT molecular complexity index is 233. The Morgan fingerprint density at radius 1 is 1.41 bits per heavy atom. The molecule has 1 aliphatic carbocycles. The number of carbonyl (C=O) groups is 1. The van der Waals surface area contributed by atoms with Gasteiger partial charge in [-0.05, 0) is 30.6 Å². The molecule has 3 unspecified atom stereocenters. The average molecular weight is 263 g/mol. The minimum atomic E-state index is 0. The molecular formula is C13H27ClN2O. The van der Waals surface area contributed by atoms with Gasteiger partial charge in [-0.3, -0.25) is 4.79 Å². The van der Waals surface area contributed by atoms with Gasteiger partial charge in [0, 0.05) is 19.0 Å². The van der Waals surface area contributed by atoms with Crippen LogP contribution in [0.5, 0.6) is 0 Å². The van der Waals surface area contributed by atoms with Crippen LogP contribution in [0.4, 0.5) is 0 Å². The molecule has 17 heavy (non-hydrogen) atoms. The lowest BCUT2D eigenvalue weighted by Gasteiger charge is -2.36. The summed E-state index contributed by atoms with van der Waals surface area (Å²) in [6.45, 7) is 7.84. The van der Waals surface area contributed by atoms with Gasteiger partial charge in [-0.2, -0.15) is 0 Å². The number of carbonyl (C=O) groups excluding carboxylic acids is 1. The predicted octanol–water partition coefficient (Wildman–Crippen LogP) is 2.19. The van der Waals surface area contributed by atoms with E-state index in [4.69, 9.17) is 5.73 Å². The van der Waals surface area contributed by atoms with E-state index >= 15 is 0 Å². The van der Waals surface area contributed by atoms with Crippen molar-refractivity contribution in [2.75, 3.05) is 13.1 Å². The SMILES string of the molecule is CC1CCC(C(C)C)C(C(=O)NCCN)C1.Cl. The van der Waals surface area contributed by atoms with Gasteiger partial charge in [-0.15, -0.1) is 12.4 Å². The molecule has 102 valence electrons. The van der Waals surface area contributed by atoms with Crippen molar-refractivity contribution in [1.29, 1.82) is 0 Å². The number of rotatable bonds is 4. The standard InChI is InChI=1S/C13H26N2O.ClH/c1-9(2)11-5-4-10(3)8-12(11)13(16)15-7-6-14;/h9-12H,4-8,14H2,1-3H3,(H,15,16);1H. The highest BCUT2D eigenvalue weighted by Crippen LogP contribution is 2.37. The molecule has 0 radical (unpaired) electrons. The van der Waals surface area contributed by atoms with Crippen LogP contribution in [0.25, 0.3) is 0 Å². The molecule has 1 amide bonds. The monoisotopic (exact) mass is 262 g/mol. The largest absolute Gasteiger partial charge is 0.355 e. The Hall–Kier alpha value is -0.280. The number of amides is 1. The van der Waals surface area contributed by atoms with Crippen molar-refractivity contribution in [3.8, 4) is 0 Å². The second-order valence-electron chi connectivity index (χ2n) is 5.51. The fourth-order valence-corrected chi connectivity index (χ4v) is 2.83. The quantitative estimate of drug-likeness (QED) is 0.816. The molecule has 0 spiro atoms. The fraction of sp³-hybridized carbons (Fsp3) is 0.923. The number of nitrogens with two attached hydrogens (primary N) is 1. The highest BCUT2D eigenvalue weighted by molar-refractivity contribution is 5.85. The maximum atomic E-state index is 12.1. The molecule has 0 aromatic heterocycles. The van der Waals surface area contributed by atoms with Crippen LogP contribution >= 0.6 is 12.4 Å². The van der Waals surface area contributed by atoms with Gasteiger partial charge in [-0.1, -0.05) is 27.2 Å². The van der Waals surface area contributed by atoms with Crippen molar-refractivity contribution in [2.24, 2.45) is 29.4 Å². The zero-order valence-corrected chi connectivity index (χ0v) is 12.1. The summed E-state index contributed by atoms with van der Waals surface area (Å²) in [6.07, 6.45) is 3.50. The Morgan fingerprint density at radius 2 is 2.06 bits per heavy atom. The number of hydrogen-bond acceptors (Lipinski definition) is 2. The van der Waals surface area contributed by atoms with Crippen LogP contribution in [-0.2, 0) is 4.79 Å². The number of nitrogens with one attached hydrogen (secondary N) is 1. The van der Waals surface area contributed by atoms with E-state index in [1.54, 1.807) is 0 Å². The van der Waals surface area contributed by atoms with E-state index in [0.29, 0.717) is 30.8 Å². The first-order chi connectivity index (χ1) is 7.56. The Labute approximate surface area is 111 Å². The predicted molar refractivity (Wildman–Crippen MR) is 74.1 cm³/mol. The van der Waals surface area contributed by atoms with Crippen LogP contribution in [0.2, 0.25) is 0 Å². The van der Waals surface area contributed by atoms with E-state index < -0.39 is 0 Å². The van der Waals surface area contributed by atoms with Crippen molar-refractivity contribution < 1.29 is 4.79 Å². The Kier molecular flexibility index (Phi) is 7.80. The lowest BCUT2D eigenvalue weighted by atomic mass is 9.70. The fourth-order valence-electron chi connectivity index (χ4n) is 2.83. The molecule has 1 fully saturated rings. The molecule has 3 nitrogen and oxygen atoms in total. The molecule has 0 bridgehead atoms. The first-order valence-electron chi connectivity index (χ1n) is 6.54. The summed E-state index contributed by atoms with van der Waals surface area (Å²) in [4.78, 5) is 12.1. The van der Waals surface area contributed by atoms with E-state index in [-0.39, 0.29) is 24.2 Å². The lowest BCUT2D eigenvalue weighted by molar-refractivity contribution is -0.129. The van der Waals surface area contributed by atoms with Crippen molar-refractivity contribution in [1.82, 2.24) is 5.32 Å². The maximum Gasteiger partial charge on any atom is 0.223 e. The first kappa shape index (κ1) is 16.7. The van der Waals surface area contributed by atoms with E-state index in [9.17, 15) is 4.79 Å². The maximum absolute atomic E-state index is 12.1. The second-order valence-corrected chi connectivity index (χ2v) is 5.51. The van der Waals surface area contributed by atoms with Crippen LogP contribution in [0.15, 0.2) is 0 Å². The van der Waals surface area contributed by atoms with Crippen LogP contribution in [-0.4, -0.2) is 19.0 Å². The molecule has 0 aromatic carbocycles. The topological polar surface area (TPSA) is 55.1 Å². The number of hydrogen-bond donors (Lipinski definition) is 2. The van der Waals surface area contributed by atoms with Gasteiger partial charge in [0.2, 0.25) is 5.91 Å². The minimum absolute atomic E-state index is 0. The summed E-state index contributed by atoms with van der Waals surface area (Å²) in [5.41, 5.74) is 5.41. The van der Waals surface area contributed by atoms with E-state index in [2.05, 4.69) is 26.1 Å². The molecule has 0 heterocycles. The van der Waals surface area contributed by atoms with Gasteiger partial charge in [0.05, 0.1) is 0 Å². The third-order valence-corrected chi connectivity index (χ3v) is 3.80. The molecule has 0 aromatic rings. The van der Waals surface area contributed by atoms with E-state index in [1.165, 1.54) is 12.8 Å². The Morgan fingerprint density at radius 3 is 2.59 bits per heavy atom. The average Bonchev–Trinajstić information content (AvgIpc) is 2.25. The van der Waals surface area contributed by atoms with Crippen molar-refractivity contribution >= 4 is 18.3 Å². The molecule has 0 aliphatic heterocycles. The van der Waals surface area contributed by atoms with E-state index in [1.807, 2.05) is 0 Å². The van der Waals surface area contributed by atoms with Gasteiger partial charge in [0.1, 0.15) is 0 Å². The molecule has 1 saturated carbocycles. The smallest absolute Gasteiger partial charge is 0.223 e. The van der Waals surface area contributed by atoms with E-state index in [0.717, 1.165) is 6.42 Å². The lowest BCUT2D eigenvalue weighted by Crippen LogP contribution is -2.41. The summed E-state index contributed by atoms with van der Waals surface area (Å²) in [5, 5.41) is 2.94. The van der Waals surface area contributed by atoms with Crippen molar-refractivity contribution in [3.05, 3.63) is 0 Å². The molecule has 1 aliphatic rings. The molecular weight excluding hydrogens is 236 g/mol.